The minimum atomic E-state index is -2.88. The topological polar surface area (TPSA) is 68.9 Å². The Hall–Kier alpha value is -2.10. The second-order valence-corrected chi connectivity index (χ2v) is 5.50. The van der Waals surface area contributed by atoms with Crippen LogP contribution in [0.5, 0.6) is 11.5 Å². The molecule has 0 aliphatic rings. The number of hydrogen-bond acceptors (Lipinski definition) is 3. The fourth-order valence-electron chi connectivity index (χ4n) is 2.09. The van der Waals surface area contributed by atoms with E-state index in [1.54, 1.807) is 18.2 Å². The first-order chi connectivity index (χ1) is 11.9. The molecule has 0 heterocycles. The van der Waals surface area contributed by atoms with E-state index >= 15 is 0 Å². The predicted octanol–water partition coefficient (Wildman–Crippen LogP) is 4.62. The number of para-hydroxylation sites is 1. The Balaban J connectivity index is 0.00000338. The summed E-state index contributed by atoms with van der Waals surface area (Å²) in [4.78, 5) is 4.16. The van der Waals surface area contributed by atoms with Crippen molar-refractivity contribution in [3.05, 3.63) is 54.1 Å². The zero-order valence-corrected chi connectivity index (χ0v) is 16.8. The van der Waals surface area contributed by atoms with Gasteiger partial charge < -0.3 is 20.5 Å². The van der Waals surface area contributed by atoms with Crippen molar-refractivity contribution in [2.75, 3.05) is 5.32 Å². The van der Waals surface area contributed by atoms with Gasteiger partial charge in [0.05, 0.1) is 12.6 Å². The highest BCUT2D eigenvalue weighted by Gasteiger charge is 2.08. The zero-order chi connectivity index (χ0) is 18.2. The van der Waals surface area contributed by atoms with Crippen LogP contribution in [0.1, 0.15) is 19.4 Å². The van der Waals surface area contributed by atoms with Gasteiger partial charge >= 0.3 is 6.61 Å². The van der Waals surface area contributed by atoms with E-state index in [4.69, 9.17) is 10.5 Å². The maximum atomic E-state index is 12.4. The van der Waals surface area contributed by atoms with Crippen LogP contribution in [-0.4, -0.2) is 18.7 Å². The molecule has 0 bridgehead atoms. The first kappa shape index (κ1) is 21.9. The van der Waals surface area contributed by atoms with Crippen molar-refractivity contribution in [1.29, 1.82) is 0 Å². The lowest BCUT2D eigenvalue weighted by Gasteiger charge is -2.11. The van der Waals surface area contributed by atoms with Gasteiger partial charge in [-0.05, 0) is 44.2 Å². The van der Waals surface area contributed by atoms with Crippen LogP contribution in [0.15, 0.2) is 53.5 Å². The smallest absolute Gasteiger partial charge is 0.387 e. The predicted molar refractivity (Wildman–Crippen MR) is 110 cm³/mol. The lowest BCUT2D eigenvalue weighted by Crippen LogP contribution is -2.22. The first-order valence-corrected chi connectivity index (χ1v) is 7.80. The average Bonchev–Trinajstić information content (AvgIpc) is 2.55. The van der Waals surface area contributed by atoms with Crippen molar-refractivity contribution in [2.45, 2.75) is 33.1 Å². The minimum absolute atomic E-state index is 0. The highest BCUT2D eigenvalue weighted by Crippen LogP contribution is 2.21. The summed E-state index contributed by atoms with van der Waals surface area (Å²) < 4.78 is 34.8. The van der Waals surface area contributed by atoms with Crippen LogP contribution in [0.3, 0.4) is 0 Å². The molecule has 0 unspecified atom stereocenters. The van der Waals surface area contributed by atoms with E-state index in [0.717, 1.165) is 11.4 Å². The van der Waals surface area contributed by atoms with Gasteiger partial charge in [-0.3, -0.25) is 0 Å². The molecule has 0 saturated heterocycles. The molecule has 3 N–H and O–H groups in total. The molecular formula is C18H22F2IN3O2. The molecule has 8 heteroatoms. The summed E-state index contributed by atoms with van der Waals surface area (Å²) in [5, 5.41) is 2.94. The largest absolute Gasteiger partial charge is 0.491 e. The lowest BCUT2D eigenvalue weighted by molar-refractivity contribution is -0.0504. The number of benzene rings is 2. The number of nitrogens with two attached hydrogens (primary N) is 1. The summed E-state index contributed by atoms with van der Waals surface area (Å²) in [5.41, 5.74) is 7.11. The van der Waals surface area contributed by atoms with Gasteiger partial charge in [-0.1, -0.05) is 18.2 Å². The quantitative estimate of drug-likeness (QED) is 0.347. The molecule has 26 heavy (non-hydrogen) atoms. The van der Waals surface area contributed by atoms with Crippen LogP contribution in [0.4, 0.5) is 14.5 Å². The lowest BCUT2D eigenvalue weighted by atomic mass is 10.2. The molecule has 0 radical (unpaired) electrons. The number of halogens is 3. The molecule has 2 aromatic carbocycles. The van der Waals surface area contributed by atoms with Gasteiger partial charge in [-0.15, -0.1) is 24.0 Å². The number of alkyl halides is 2. The highest BCUT2D eigenvalue weighted by molar-refractivity contribution is 14.0. The normalized spacial score (nSPS) is 11.2. The number of nitrogens with one attached hydrogen (secondary N) is 1. The molecule has 0 spiro atoms. The van der Waals surface area contributed by atoms with E-state index in [1.165, 1.54) is 6.07 Å². The second-order valence-electron chi connectivity index (χ2n) is 5.50. The Labute approximate surface area is 168 Å². The SMILES string of the molecule is CC(C)Oc1ccc(NC(N)=NCc2ccccc2OC(F)F)cc1.I. The Bertz CT molecular complexity index is 710. The highest BCUT2D eigenvalue weighted by atomic mass is 127. The average molecular weight is 477 g/mol. The van der Waals surface area contributed by atoms with Gasteiger partial charge in [0, 0.05) is 11.3 Å². The molecule has 0 atom stereocenters. The molecule has 0 aliphatic heterocycles. The van der Waals surface area contributed by atoms with E-state index in [-0.39, 0.29) is 48.3 Å². The third-order valence-electron chi connectivity index (χ3n) is 3.11. The maximum Gasteiger partial charge on any atom is 0.387 e. The molecule has 2 aromatic rings. The van der Waals surface area contributed by atoms with E-state index < -0.39 is 6.61 Å². The maximum absolute atomic E-state index is 12.4. The Morgan fingerprint density at radius 3 is 2.35 bits per heavy atom. The van der Waals surface area contributed by atoms with Gasteiger partial charge in [0.2, 0.25) is 0 Å². The number of aliphatic imine (C=N–C) groups is 1. The van der Waals surface area contributed by atoms with Crippen LogP contribution in [0.2, 0.25) is 0 Å². The number of ether oxygens (including phenoxy) is 2. The van der Waals surface area contributed by atoms with Crippen molar-refractivity contribution in [2.24, 2.45) is 10.7 Å². The summed E-state index contributed by atoms with van der Waals surface area (Å²) in [6.07, 6.45) is 0.0981. The number of hydrogen-bond donors (Lipinski definition) is 2. The Morgan fingerprint density at radius 1 is 1.08 bits per heavy atom. The summed E-state index contributed by atoms with van der Waals surface area (Å²) >= 11 is 0. The zero-order valence-electron chi connectivity index (χ0n) is 14.5. The number of guanidine groups is 1. The van der Waals surface area contributed by atoms with Crippen LogP contribution in [0.25, 0.3) is 0 Å². The molecule has 0 fully saturated rings. The Kier molecular flexibility index (Phi) is 9.11. The van der Waals surface area contributed by atoms with Crippen molar-refractivity contribution < 1.29 is 18.3 Å². The van der Waals surface area contributed by atoms with Gasteiger partial charge in [0.25, 0.3) is 0 Å². The van der Waals surface area contributed by atoms with Gasteiger partial charge in [0.15, 0.2) is 5.96 Å². The number of nitrogens with zero attached hydrogens (tertiary/aromatic N) is 1. The van der Waals surface area contributed by atoms with Crippen LogP contribution in [0, 0.1) is 0 Å². The van der Waals surface area contributed by atoms with Crippen LogP contribution in [-0.2, 0) is 6.54 Å². The van der Waals surface area contributed by atoms with Gasteiger partial charge in [-0.2, -0.15) is 8.78 Å². The standard InChI is InChI=1S/C18H21F2N3O2.HI/c1-12(2)24-15-9-7-14(8-10-15)23-18(21)22-11-13-5-3-4-6-16(13)25-17(19)20;/h3-10,12,17H,11H2,1-2H3,(H3,21,22,23);1H. The second kappa shape index (κ2) is 10.8. The molecule has 5 nitrogen and oxygen atoms in total. The van der Waals surface area contributed by atoms with E-state index in [2.05, 4.69) is 15.0 Å². The minimum Gasteiger partial charge on any atom is -0.491 e. The van der Waals surface area contributed by atoms with Crippen LogP contribution >= 0.6 is 24.0 Å². The monoisotopic (exact) mass is 477 g/mol. The van der Waals surface area contributed by atoms with E-state index in [0.29, 0.717) is 5.56 Å². The molecule has 0 amide bonds. The summed E-state index contributed by atoms with van der Waals surface area (Å²) in [6, 6.07) is 13.7. The van der Waals surface area contributed by atoms with E-state index in [1.807, 2.05) is 38.1 Å². The molecule has 2 rings (SSSR count). The number of rotatable bonds is 7. The fraction of sp³-hybridized carbons (Fsp3) is 0.278. The fourth-order valence-corrected chi connectivity index (χ4v) is 2.09. The Morgan fingerprint density at radius 2 is 1.73 bits per heavy atom. The summed E-state index contributed by atoms with van der Waals surface area (Å²) in [5.74, 6) is 1.02. The molecule has 0 aromatic heterocycles. The first-order valence-electron chi connectivity index (χ1n) is 7.80. The van der Waals surface area contributed by atoms with Crippen molar-refractivity contribution in [3.8, 4) is 11.5 Å². The van der Waals surface area contributed by atoms with Gasteiger partial charge in [0.1, 0.15) is 11.5 Å². The molecule has 0 saturated carbocycles. The van der Waals surface area contributed by atoms with Crippen molar-refractivity contribution >= 4 is 35.6 Å². The molecular weight excluding hydrogens is 455 g/mol. The van der Waals surface area contributed by atoms with Crippen molar-refractivity contribution in [3.63, 3.8) is 0 Å². The van der Waals surface area contributed by atoms with Crippen molar-refractivity contribution in [1.82, 2.24) is 0 Å². The number of anilines is 1. The summed E-state index contributed by atoms with van der Waals surface area (Å²) in [7, 11) is 0. The van der Waals surface area contributed by atoms with Crippen LogP contribution < -0.4 is 20.5 Å². The summed E-state index contributed by atoms with van der Waals surface area (Å²) in [6.45, 7) is 1.14. The van der Waals surface area contributed by atoms with E-state index in [9.17, 15) is 8.78 Å². The third kappa shape index (κ3) is 7.42. The molecule has 142 valence electrons. The third-order valence-corrected chi connectivity index (χ3v) is 3.11. The van der Waals surface area contributed by atoms with Gasteiger partial charge in [-0.25, -0.2) is 4.99 Å². The molecule has 0 aliphatic carbocycles.